The lowest BCUT2D eigenvalue weighted by Crippen LogP contribution is -2.13. The van der Waals surface area contributed by atoms with Gasteiger partial charge in [-0.1, -0.05) is 15.9 Å². The van der Waals surface area contributed by atoms with Crippen molar-refractivity contribution in [3.63, 3.8) is 0 Å². The second-order valence-corrected chi connectivity index (χ2v) is 5.42. The average molecular weight is 282 g/mol. The summed E-state index contributed by atoms with van der Waals surface area (Å²) in [7, 11) is 0. The standard InChI is InChI=1S/C13H16BrNO/c1-10-8-11(14)4-5-12(10)16-7-6-13(2,3)9-15/h4-5,8H,6-7H2,1-3H3. The van der Waals surface area contributed by atoms with Crippen LogP contribution in [0.4, 0.5) is 0 Å². The van der Waals surface area contributed by atoms with E-state index in [1.54, 1.807) is 0 Å². The van der Waals surface area contributed by atoms with E-state index in [2.05, 4.69) is 22.0 Å². The Bertz CT molecular complexity index is 407. The van der Waals surface area contributed by atoms with Crippen LogP contribution in [0.25, 0.3) is 0 Å². The van der Waals surface area contributed by atoms with Gasteiger partial charge in [-0.2, -0.15) is 5.26 Å². The highest BCUT2D eigenvalue weighted by Gasteiger charge is 2.16. The molecule has 0 spiro atoms. The minimum Gasteiger partial charge on any atom is -0.493 e. The lowest BCUT2D eigenvalue weighted by Gasteiger charge is -2.16. The van der Waals surface area contributed by atoms with Gasteiger partial charge in [0.05, 0.1) is 18.1 Å². The molecule has 0 aromatic heterocycles. The first-order valence-electron chi connectivity index (χ1n) is 5.25. The minimum absolute atomic E-state index is 0.316. The van der Waals surface area contributed by atoms with Gasteiger partial charge in [-0.3, -0.25) is 0 Å². The van der Waals surface area contributed by atoms with Crippen molar-refractivity contribution in [1.82, 2.24) is 0 Å². The number of halogens is 1. The normalized spacial score (nSPS) is 10.9. The molecule has 3 heteroatoms. The maximum absolute atomic E-state index is 8.87. The molecule has 0 heterocycles. The molecule has 0 N–H and O–H groups in total. The molecular weight excluding hydrogens is 266 g/mol. The van der Waals surface area contributed by atoms with Crippen LogP contribution in [-0.2, 0) is 0 Å². The van der Waals surface area contributed by atoms with E-state index in [9.17, 15) is 0 Å². The summed E-state index contributed by atoms with van der Waals surface area (Å²) in [6.07, 6.45) is 0.735. The minimum atomic E-state index is -0.316. The maximum Gasteiger partial charge on any atom is 0.122 e. The van der Waals surface area contributed by atoms with Crippen LogP contribution in [0, 0.1) is 23.7 Å². The lowest BCUT2D eigenvalue weighted by molar-refractivity contribution is 0.263. The van der Waals surface area contributed by atoms with E-state index in [1.165, 1.54) is 0 Å². The summed E-state index contributed by atoms with van der Waals surface area (Å²) in [5.74, 6) is 0.886. The molecule has 0 saturated carbocycles. The molecule has 0 amide bonds. The lowest BCUT2D eigenvalue weighted by atomic mass is 9.92. The predicted molar refractivity (Wildman–Crippen MR) is 68.4 cm³/mol. The summed E-state index contributed by atoms with van der Waals surface area (Å²) in [6.45, 7) is 6.42. The van der Waals surface area contributed by atoms with Gasteiger partial charge in [-0.25, -0.2) is 0 Å². The molecule has 0 unspecified atom stereocenters. The van der Waals surface area contributed by atoms with Gasteiger partial charge < -0.3 is 4.74 Å². The Labute approximate surface area is 105 Å². The van der Waals surface area contributed by atoms with Crippen LogP contribution in [0.5, 0.6) is 5.75 Å². The zero-order chi connectivity index (χ0) is 12.2. The van der Waals surface area contributed by atoms with Gasteiger partial charge in [0.1, 0.15) is 5.75 Å². The van der Waals surface area contributed by atoms with Gasteiger partial charge in [0, 0.05) is 4.47 Å². The molecule has 86 valence electrons. The maximum atomic E-state index is 8.87. The second-order valence-electron chi connectivity index (χ2n) is 4.50. The molecule has 0 aliphatic carbocycles. The topological polar surface area (TPSA) is 33.0 Å². The number of rotatable bonds is 4. The zero-order valence-corrected chi connectivity index (χ0v) is 11.5. The number of benzene rings is 1. The van der Waals surface area contributed by atoms with E-state index >= 15 is 0 Å². The van der Waals surface area contributed by atoms with E-state index in [0.29, 0.717) is 6.61 Å². The molecule has 0 atom stereocenters. The van der Waals surface area contributed by atoms with Crippen molar-refractivity contribution in [2.75, 3.05) is 6.61 Å². The smallest absolute Gasteiger partial charge is 0.122 e. The number of nitriles is 1. The highest BCUT2D eigenvalue weighted by molar-refractivity contribution is 9.10. The van der Waals surface area contributed by atoms with Crippen molar-refractivity contribution < 1.29 is 4.74 Å². The second kappa shape index (κ2) is 5.36. The fourth-order valence-corrected chi connectivity index (χ4v) is 1.72. The summed E-state index contributed by atoms with van der Waals surface area (Å²) in [6, 6.07) is 8.18. The third-order valence-corrected chi connectivity index (χ3v) is 2.92. The first-order valence-corrected chi connectivity index (χ1v) is 6.04. The highest BCUT2D eigenvalue weighted by Crippen LogP contribution is 2.24. The van der Waals surface area contributed by atoms with Gasteiger partial charge in [0.2, 0.25) is 0 Å². The summed E-state index contributed by atoms with van der Waals surface area (Å²) < 4.78 is 6.71. The quantitative estimate of drug-likeness (QED) is 0.833. The summed E-state index contributed by atoms with van der Waals surface area (Å²) in [5.41, 5.74) is 0.785. The Balaban J connectivity index is 2.53. The van der Waals surface area contributed by atoms with Crippen LogP contribution < -0.4 is 4.74 Å². The van der Waals surface area contributed by atoms with E-state index in [0.717, 1.165) is 22.2 Å². The molecular formula is C13H16BrNO. The fourth-order valence-electron chi connectivity index (χ4n) is 1.25. The molecule has 0 bridgehead atoms. The van der Waals surface area contributed by atoms with Crippen LogP contribution >= 0.6 is 15.9 Å². The zero-order valence-electron chi connectivity index (χ0n) is 9.88. The first-order chi connectivity index (χ1) is 7.44. The summed E-state index contributed by atoms with van der Waals surface area (Å²) in [4.78, 5) is 0. The molecule has 16 heavy (non-hydrogen) atoms. The molecule has 1 rings (SSSR count). The SMILES string of the molecule is Cc1cc(Br)ccc1OCCC(C)(C)C#N. The van der Waals surface area contributed by atoms with Crippen LogP contribution in [-0.4, -0.2) is 6.61 Å². The van der Waals surface area contributed by atoms with E-state index < -0.39 is 0 Å². The summed E-state index contributed by atoms with van der Waals surface area (Å²) in [5, 5.41) is 8.87. The van der Waals surface area contributed by atoms with Crippen molar-refractivity contribution in [3.8, 4) is 11.8 Å². The third-order valence-electron chi connectivity index (χ3n) is 2.42. The van der Waals surface area contributed by atoms with Gasteiger partial charge in [-0.05, 0) is 51.0 Å². The Hall–Kier alpha value is -1.01. The molecule has 0 aliphatic heterocycles. The highest BCUT2D eigenvalue weighted by atomic mass is 79.9. The van der Waals surface area contributed by atoms with E-state index in [4.69, 9.17) is 10.00 Å². The Kier molecular flexibility index (Phi) is 4.37. The third kappa shape index (κ3) is 3.86. The molecule has 0 fully saturated rings. The fraction of sp³-hybridized carbons (Fsp3) is 0.462. The van der Waals surface area contributed by atoms with Gasteiger partial charge >= 0.3 is 0 Å². The molecule has 0 aliphatic rings. The average Bonchev–Trinajstić information content (AvgIpc) is 2.21. The Morgan fingerprint density at radius 2 is 2.12 bits per heavy atom. The monoisotopic (exact) mass is 281 g/mol. The molecule has 2 nitrogen and oxygen atoms in total. The van der Waals surface area contributed by atoms with Gasteiger partial charge in [0.25, 0.3) is 0 Å². The molecule has 1 aromatic rings. The Morgan fingerprint density at radius 1 is 1.44 bits per heavy atom. The van der Waals surface area contributed by atoms with Gasteiger partial charge in [0.15, 0.2) is 0 Å². The summed E-state index contributed by atoms with van der Waals surface area (Å²) >= 11 is 3.41. The van der Waals surface area contributed by atoms with E-state index in [-0.39, 0.29) is 5.41 Å². The van der Waals surface area contributed by atoms with E-state index in [1.807, 2.05) is 39.0 Å². The number of hydrogen-bond acceptors (Lipinski definition) is 2. The molecule has 0 saturated heterocycles. The molecule has 0 radical (unpaired) electrons. The van der Waals surface area contributed by atoms with Crippen molar-refractivity contribution in [2.45, 2.75) is 27.2 Å². The Morgan fingerprint density at radius 3 is 2.69 bits per heavy atom. The van der Waals surface area contributed by atoms with Crippen molar-refractivity contribution in [1.29, 1.82) is 5.26 Å². The predicted octanol–water partition coefficient (Wildman–Crippen LogP) is 4.08. The van der Waals surface area contributed by atoms with Crippen LogP contribution in [0.2, 0.25) is 0 Å². The molecule has 1 aromatic carbocycles. The number of aryl methyl sites for hydroxylation is 1. The first kappa shape index (κ1) is 13.1. The number of hydrogen-bond donors (Lipinski definition) is 0. The van der Waals surface area contributed by atoms with Crippen molar-refractivity contribution >= 4 is 15.9 Å². The largest absolute Gasteiger partial charge is 0.493 e. The van der Waals surface area contributed by atoms with Crippen LogP contribution in [0.1, 0.15) is 25.8 Å². The van der Waals surface area contributed by atoms with Crippen molar-refractivity contribution in [2.24, 2.45) is 5.41 Å². The number of nitrogens with zero attached hydrogens (tertiary/aromatic N) is 1. The van der Waals surface area contributed by atoms with Gasteiger partial charge in [-0.15, -0.1) is 0 Å². The van der Waals surface area contributed by atoms with Crippen LogP contribution in [0.3, 0.4) is 0 Å². The van der Waals surface area contributed by atoms with Crippen LogP contribution in [0.15, 0.2) is 22.7 Å². The van der Waals surface area contributed by atoms with Crippen molar-refractivity contribution in [3.05, 3.63) is 28.2 Å². The number of ether oxygens (including phenoxy) is 1.